The molecule has 0 radical (unpaired) electrons. The van der Waals surface area contributed by atoms with E-state index in [4.69, 9.17) is 20.9 Å². The Morgan fingerprint density at radius 2 is 2.00 bits per heavy atom. The van der Waals surface area contributed by atoms with Crippen LogP contribution in [0.4, 0.5) is 0 Å². The number of rotatable bonds is 7. The minimum atomic E-state index is -2.16. The molecule has 0 fully saturated rings. The summed E-state index contributed by atoms with van der Waals surface area (Å²) < 4.78 is 21.6. The summed E-state index contributed by atoms with van der Waals surface area (Å²) in [6, 6.07) is 6.49. The lowest BCUT2D eigenvalue weighted by molar-refractivity contribution is 0.108. The average Bonchev–Trinajstić information content (AvgIpc) is 2.34. The van der Waals surface area contributed by atoms with E-state index in [1.54, 1.807) is 24.3 Å². The van der Waals surface area contributed by atoms with Crippen molar-refractivity contribution in [2.75, 3.05) is 19.8 Å². The number of benzene rings is 1. The van der Waals surface area contributed by atoms with Gasteiger partial charge in [0.2, 0.25) is 0 Å². The highest BCUT2D eigenvalue weighted by molar-refractivity contribution is 7.39. The van der Waals surface area contributed by atoms with Gasteiger partial charge >= 0.3 is 13.9 Å². The molecule has 2 atom stereocenters. The van der Waals surface area contributed by atoms with Crippen LogP contribution in [0.5, 0.6) is 0 Å². The molecule has 0 saturated carbocycles. The molecule has 6 heteroatoms. The normalized spacial score (nSPS) is 13.5. The van der Waals surface area contributed by atoms with Crippen molar-refractivity contribution in [1.82, 2.24) is 0 Å². The molecule has 0 heterocycles. The smallest absolute Gasteiger partial charge is 0.379 e. The Balaban J connectivity index is 2.43. The number of aliphatic hydroxyl groups excluding tert-OH is 1. The molecule has 94 valence electrons. The Morgan fingerprint density at radius 3 is 2.59 bits per heavy atom. The van der Waals surface area contributed by atoms with Crippen molar-refractivity contribution in [2.24, 2.45) is 0 Å². The quantitative estimate of drug-likeness (QED) is 0.614. The van der Waals surface area contributed by atoms with E-state index in [1.165, 1.54) is 0 Å². The maximum atomic E-state index is 11.6. The molecule has 1 rings (SSSR count). The van der Waals surface area contributed by atoms with E-state index < -0.39 is 13.9 Å². The lowest BCUT2D eigenvalue weighted by Crippen LogP contribution is -2.02. The fourth-order valence-corrected chi connectivity index (χ4v) is 2.09. The molecular weight excluding hydrogens is 263 g/mol. The summed E-state index contributed by atoms with van der Waals surface area (Å²) in [7, 11) is -2.16. The summed E-state index contributed by atoms with van der Waals surface area (Å²) in [6.07, 6.45) is 0. The number of ether oxygens (including phenoxy) is 1. The highest BCUT2D eigenvalue weighted by Gasteiger charge is 2.32. The Labute approximate surface area is 106 Å². The van der Waals surface area contributed by atoms with Crippen molar-refractivity contribution in [3.63, 3.8) is 0 Å². The summed E-state index contributed by atoms with van der Waals surface area (Å²) in [4.78, 5) is 0. The Hall–Kier alpha value is -0.510. The average molecular weight is 278 g/mol. The SMILES string of the molecule is CCOCCO[P+](=O)C(O)c1ccc(Cl)cc1. The molecule has 0 amide bonds. The van der Waals surface area contributed by atoms with Gasteiger partial charge in [-0.15, -0.1) is 4.52 Å². The zero-order valence-electron chi connectivity index (χ0n) is 9.51. The first-order valence-electron chi connectivity index (χ1n) is 5.25. The van der Waals surface area contributed by atoms with Gasteiger partial charge in [0, 0.05) is 17.2 Å². The third kappa shape index (κ3) is 5.11. The van der Waals surface area contributed by atoms with Crippen molar-refractivity contribution in [3.05, 3.63) is 34.9 Å². The van der Waals surface area contributed by atoms with Gasteiger partial charge in [0.05, 0.1) is 6.61 Å². The van der Waals surface area contributed by atoms with Crippen LogP contribution in [0.3, 0.4) is 0 Å². The van der Waals surface area contributed by atoms with Gasteiger partial charge in [-0.05, 0) is 23.6 Å². The van der Waals surface area contributed by atoms with Crippen molar-refractivity contribution in [2.45, 2.75) is 12.8 Å². The second-order valence-corrected chi connectivity index (χ2v) is 5.00. The third-order valence-electron chi connectivity index (χ3n) is 2.02. The van der Waals surface area contributed by atoms with E-state index in [9.17, 15) is 9.67 Å². The fourth-order valence-electron chi connectivity index (χ4n) is 1.16. The number of hydrogen-bond donors (Lipinski definition) is 1. The van der Waals surface area contributed by atoms with Gasteiger partial charge < -0.3 is 9.84 Å². The first-order chi connectivity index (χ1) is 8.15. The van der Waals surface area contributed by atoms with Crippen LogP contribution >= 0.6 is 19.6 Å². The highest BCUT2D eigenvalue weighted by Crippen LogP contribution is 2.39. The Morgan fingerprint density at radius 1 is 1.35 bits per heavy atom. The molecular formula is C11H15ClO4P+. The van der Waals surface area contributed by atoms with E-state index in [-0.39, 0.29) is 6.61 Å². The third-order valence-corrected chi connectivity index (χ3v) is 3.40. The number of hydrogen-bond acceptors (Lipinski definition) is 4. The molecule has 0 spiro atoms. The molecule has 1 aromatic rings. The van der Waals surface area contributed by atoms with Crippen LogP contribution < -0.4 is 0 Å². The predicted octanol–water partition coefficient (Wildman–Crippen LogP) is 3.13. The zero-order valence-corrected chi connectivity index (χ0v) is 11.2. The van der Waals surface area contributed by atoms with Gasteiger partial charge in [0.15, 0.2) is 0 Å². The van der Waals surface area contributed by atoms with E-state index in [1.807, 2.05) is 6.92 Å². The van der Waals surface area contributed by atoms with E-state index >= 15 is 0 Å². The van der Waals surface area contributed by atoms with Gasteiger partial charge in [0.1, 0.15) is 6.61 Å². The van der Waals surface area contributed by atoms with Crippen LogP contribution in [0.25, 0.3) is 0 Å². The topological polar surface area (TPSA) is 55.8 Å². The zero-order chi connectivity index (χ0) is 12.7. The van der Waals surface area contributed by atoms with Gasteiger partial charge in [0.25, 0.3) is 0 Å². The fraction of sp³-hybridized carbons (Fsp3) is 0.455. The second-order valence-electron chi connectivity index (χ2n) is 3.24. The summed E-state index contributed by atoms with van der Waals surface area (Å²) in [5, 5.41) is 10.3. The lowest BCUT2D eigenvalue weighted by atomic mass is 10.2. The van der Waals surface area contributed by atoms with Crippen LogP contribution in [0.1, 0.15) is 18.3 Å². The maximum Gasteiger partial charge on any atom is 0.545 e. The Bertz CT molecular complexity index is 355. The van der Waals surface area contributed by atoms with Crippen LogP contribution in [0.2, 0.25) is 5.02 Å². The van der Waals surface area contributed by atoms with Gasteiger partial charge in [-0.25, -0.2) is 0 Å². The van der Waals surface area contributed by atoms with Crippen molar-refractivity contribution >= 4 is 19.6 Å². The summed E-state index contributed by atoms with van der Waals surface area (Å²) in [5.74, 6) is -1.14. The summed E-state index contributed by atoms with van der Waals surface area (Å²) >= 11 is 5.71. The van der Waals surface area contributed by atoms with Crippen molar-refractivity contribution in [1.29, 1.82) is 0 Å². The monoisotopic (exact) mass is 277 g/mol. The highest BCUT2D eigenvalue weighted by atomic mass is 35.5. The molecule has 1 aromatic carbocycles. The molecule has 4 nitrogen and oxygen atoms in total. The molecule has 0 aromatic heterocycles. The summed E-state index contributed by atoms with van der Waals surface area (Å²) in [5.41, 5.74) is 0.520. The predicted molar refractivity (Wildman–Crippen MR) is 66.5 cm³/mol. The van der Waals surface area contributed by atoms with Gasteiger partial charge in [-0.1, -0.05) is 23.7 Å². The molecule has 0 aliphatic carbocycles. The molecule has 0 aliphatic rings. The van der Waals surface area contributed by atoms with Crippen molar-refractivity contribution in [3.8, 4) is 0 Å². The van der Waals surface area contributed by atoms with E-state index in [2.05, 4.69) is 0 Å². The van der Waals surface area contributed by atoms with Crippen LogP contribution in [0, 0.1) is 0 Å². The maximum absolute atomic E-state index is 11.6. The van der Waals surface area contributed by atoms with E-state index in [0.29, 0.717) is 23.8 Å². The number of aliphatic hydroxyl groups is 1. The van der Waals surface area contributed by atoms with Crippen LogP contribution in [-0.4, -0.2) is 24.9 Å². The van der Waals surface area contributed by atoms with Crippen LogP contribution in [-0.2, 0) is 13.8 Å². The minimum absolute atomic E-state index is 0.202. The minimum Gasteiger partial charge on any atom is -0.379 e. The molecule has 0 saturated heterocycles. The first-order valence-corrected chi connectivity index (χ1v) is 6.88. The van der Waals surface area contributed by atoms with Gasteiger partial charge in [-0.3, -0.25) is 0 Å². The largest absolute Gasteiger partial charge is 0.545 e. The second kappa shape index (κ2) is 7.75. The summed E-state index contributed by atoms with van der Waals surface area (Å²) in [6.45, 7) is 3.01. The Kier molecular flexibility index (Phi) is 6.63. The first kappa shape index (κ1) is 14.6. The molecule has 0 bridgehead atoms. The van der Waals surface area contributed by atoms with Crippen molar-refractivity contribution < 1.29 is 18.9 Å². The lowest BCUT2D eigenvalue weighted by Gasteiger charge is -2.00. The van der Waals surface area contributed by atoms with E-state index in [0.717, 1.165) is 0 Å². The van der Waals surface area contributed by atoms with Gasteiger partial charge in [-0.2, -0.15) is 0 Å². The molecule has 2 unspecified atom stereocenters. The standard InChI is InChI=1S/C11H15ClO4P/c1-2-15-7-8-16-17(14)11(13)9-3-5-10(12)6-4-9/h3-6,11,13H,2,7-8H2,1H3/q+1. The van der Waals surface area contributed by atoms with Crippen LogP contribution in [0.15, 0.2) is 24.3 Å². The number of halogens is 1. The molecule has 1 N–H and O–H groups in total. The molecule has 17 heavy (non-hydrogen) atoms. The molecule has 0 aliphatic heterocycles.